The lowest BCUT2D eigenvalue weighted by atomic mass is 10.0. The number of esters is 2. The summed E-state index contributed by atoms with van der Waals surface area (Å²) in [7, 11) is 1.25. The first-order valence-electron chi connectivity index (χ1n) is 9.87. The fourth-order valence-electron chi connectivity index (χ4n) is 3.38. The zero-order valence-corrected chi connectivity index (χ0v) is 17.9. The number of hydrogen-bond acceptors (Lipinski definition) is 7. The van der Waals surface area contributed by atoms with Gasteiger partial charge in [-0.25, -0.2) is 9.59 Å². The molecular formula is C24H24O7. The molecule has 1 atom stereocenters. The van der Waals surface area contributed by atoms with Gasteiger partial charge in [0.05, 0.1) is 31.1 Å². The fourth-order valence-corrected chi connectivity index (χ4v) is 3.38. The first-order chi connectivity index (χ1) is 14.8. The number of methoxy groups -OCH3 is 1. The molecule has 0 unspecified atom stereocenters. The lowest BCUT2D eigenvalue weighted by molar-refractivity contribution is -0.151. The minimum Gasteiger partial charge on any atom is -0.473 e. The Hall–Kier alpha value is -3.61. The number of rotatable bonds is 7. The largest absolute Gasteiger partial charge is 0.473 e. The lowest BCUT2D eigenvalue weighted by Crippen LogP contribution is -2.22. The molecule has 0 fully saturated rings. The summed E-state index contributed by atoms with van der Waals surface area (Å²) >= 11 is 0. The third-order valence-corrected chi connectivity index (χ3v) is 4.88. The zero-order valence-electron chi connectivity index (χ0n) is 17.9. The maximum absolute atomic E-state index is 12.7. The zero-order chi connectivity index (χ0) is 22.5. The molecule has 0 bridgehead atoms. The Morgan fingerprint density at radius 2 is 1.81 bits per heavy atom. The maximum atomic E-state index is 12.7. The summed E-state index contributed by atoms with van der Waals surface area (Å²) in [5.41, 5.74) is 1.81. The molecule has 31 heavy (non-hydrogen) atoms. The number of hydrogen-bond donors (Lipinski definition) is 0. The SMILES string of the molecule is CCOC(=O)[C@H](Oc1cc(C)cc2oc(=O)c(CC(=O)OC)c(C)c12)c1ccccc1. The van der Waals surface area contributed by atoms with Gasteiger partial charge < -0.3 is 18.6 Å². The molecular weight excluding hydrogens is 400 g/mol. The number of aryl methyl sites for hydroxylation is 2. The van der Waals surface area contributed by atoms with Gasteiger partial charge in [-0.2, -0.15) is 0 Å². The summed E-state index contributed by atoms with van der Waals surface area (Å²) < 4.78 is 21.5. The van der Waals surface area contributed by atoms with E-state index in [0.29, 0.717) is 27.8 Å². The molecule has 7 heteroatoms. The van der Waals surface area contributed by atoms with Gasteiger partial charge in [-0.1, -0.05) is 30.3 Å². The van der Waals surface area contributed by atoms with Crippen molar-refractivity contribution in [2.45, 2.75) is 33.3 Å². The van der Waals surface area contributed by atoms with Crippen molar-refractivity contribution in [1.82, 2.24) is 0 Å². The molecule has 1 heterocycles. The average molecular weight is 424 g/mol. The van der Waals surface area contributed by atoms with Crippen LogP contribution >= 0.6 is 0 Å². The van der Waals surface area contributed by atoms with Crippen molar-refractivity contribution in [2.75, 3.05) is 13.7 Å². The van der Waals surface area contributed by atoms with E-state index in [-0.39, 0.29) is 18.6 Å². The van der Waals surface area contributed by atoms with E-state index in [2.05, 4.69) is 0 Å². The molecule has 1 aromatic heterocycles. The van der Waals surface area contributed by atoms with Gasteiger partial charge in [0.25, 0.3) is 0 Å². The number of carbonyl (C=O) groups is 2. The van der Waals surface area contributed by atoms with E-state index in [1.54, 1.807) is 50.2 Å². The van der Waals surface area contributed by atoms with Crippen molar-refractivity contribution in [3.05, 3.63) is 75.1 Å². The summed E-state index contributed by atoms with van der Waals surface area (Å²) in [4.78, 5) is 36.9. The number of carbonyl (C=O) groups excluding carboxylic acids is 2. The van der Waals surface area contributed by atoms with Gasteiger partial charge in [0, 0.05) is 5.56 Å². The maximum Gasteiger partial charge on any atom is 0.352 e. The average Bonchev–Trinajstić information content (AvgIpc) is 2.74. The van der Waals surface area contributed by atoms with E-state index in [4.69, 9.17) is 18.6 Å². The Bertz CT molecular complexity index is 1160. The molecule has 7 nitrogen and oxygen atoms in total. The number of fused-ring (bicyclic) bond motifs is 1. The van der Waals surface area contributed by atoms with Crippen LogP contribution in [0.15, 0.2) is 51.7 Å². The molecule has 2 aromatic carbocycles. The Labute approximate surface area is 179 Å². The summed E-state index contributed by atoms with van der Waals surface area (Å²) in [6.45, 7) is 5.46. The van der Waals surface area contributed by atoms with Crippen molar-refractivity contribution >= 4 is 22.9 Å². The Kier molecular flexibility index (Phi) is 6.74. The normalized spacial score (nSPS) is 11.7. The summed E-state index contributed by atoms with van der Waals surface area (Å²) in [6, 6.07) is 12.5. The van der Waals surface area contributed by atoms with E-state index in [0.717, 1.165) is 5.56 Å². The van der Waals surface area contributed by atoms with Crippen molar-refractivity contribution in [3.8, 4) is 5.75 Å². The van der Waals surface area contributed by atoms with Crippen LogP contribution in [0.5, 0.6) is 5.75 Å². The highest BCUT2D eigenvalue weighted by molar-refractivity contribution is 5.90. The van der Waals surface area contributed by atoms with Gasteiger partial charge >= 0.3 is 17.6 Å². The molecule has 0 spiro atoms. The van der Waals surface area contributed by atoms with Crippen LogP contribution in [-0.2, 0) is 25.5 Å². The summed E-state index contributed by atoms with van der Waals surface area (Å²) in [5.74, 6) is -0.740. The number of ether oxygens (including phenoxy) is 3. The molecule has 0 aliphatic heterocycles. The topological polar surface area (TPSA) is 92.0 Å². The lowest BCUT2D eigenvalue weighted by Gasteiger charge is -2.20. The second-order valence-electron chi connectivity index (χ2n) is 7.04. The van der Waals surface area contributed by atoms with Gasteiger partial charge in [0.2, 0.25) is 6.10 Å². The predicted octanol–water partition coefficient (Wildman–Crippen LogP) is 3.81. The first-order valence-corrected chi connectivity index (χ1v) is 9.87. The third-order valence-electron chi connectivity index (χ3n) is 4.88. The Balaban J connectivity index is 2.17. The highest BCUT2D eigenvalue weighted by Gasteiger charge is 2.26. The molecule has 0 radical (unpaired) electrons. The summed E-state index contributed by atoms with van der Waals surface area (Å²) in [5, 5.41) is 0.509. The van der Waals surface area contributed by atoms with Gasteiger partial charge in [0.15, 0.2) is 0 Å². The minimum absolute atomic E-state index is 0.181. The molecule has 0 saturated carbocycles. The molecule has 0 saturated heterocycles. The number of benzene rings is 2. The van der Waals surface area contributed by atoms with Crippen LogP contribution in [0.3, 0.4) is 0 Å². The van der Waals surface area contributed by atoms with Crippen LogP contribution in [0.2, 0.25) is 0 Å². The van der Waals surface area contributed by atoms with E-state index < -0.39 is 23.7 Å². The van der Waals surface area contributed by atoms with Crippen LogP contribution < -0.4 is 10.4 Å². The van der Waals surface area contributed by atoms with Crippen LogP contribution in [0.4, 0.5) is 0 Å². The third kappa shape index (κ3) is 4.77. The standard InChI is InChI=1S/C24H24O7/c1-5-29-24(27)22(16-9-7-6-8-10-16)30-18-11-14(2)12-19-21(18)15(3)17(23(26)31-19)13-20(25)28-4/h6-12,22H,5,13H2,1-4H3/t22-/m1/s1. The molecule has 0 aliphatic carbocycles. The van der Waals surface area contributed by atoms with E-state index >= 15 is 0 Å². The van der Waals surface area contributed by atoms with E-state index in [9.17, 15) is 14.4 Å². The molecule has 0 aliphatic rings. The fraction of sp³-hybridized carbons (Fsp3) is 0.292. The van der Waals surface area contributed by atoms with Crippen LogP contribution in [0.25, 0.3) is 11.0 Å². The van der Waals surface area contributed by atoms with Gasteiger partial charge in [-0.05, 0) is 44.0 Å². The highest BCUT2D eigenvalue weighted by atomic mass is 16.6. The second-order valence-corrected chi connectivity index (χ2v) is 7.04. The monoisotopic (exact) mass is 424 g/mol. The van der Waals surface area contributed by atoms with E-state index in [1.807, 2.05) is 13.0 Å². The molecule has 0 N–H and O–H groups in total. The molecule has 3 aromatic rings. The van der Waals surface area contributed by atoms with Crippen molar-refractivity contribution in [2.24, 2.45) is 0 Å². The predicted molar refractivity (Wildman–Crippen MR) is 114 cm³/mol. The van der Waals surface area contributed by atoms with Crippen molar-refractivity contribution < 1.29 is 28.2 Å². The highest BCUT2D eigenvalue weighted by Crippen LogP contribution is 2.34. The van der Waals surface area contributed by atoms with E-state index in [1.165, 1.54) is 7.11 Å². The first kappa shape index (κ1) is 22.1. The quantitative estimate of drug-likeness (QED) is 0.421. The van der Waals surface area contributed by atoms with Crippen molar-refractivity contribution in [1.29, 1.82) is 0 Å². The Morgan fingerprint density at radius 3 is 2.45 bits per heavy atom. The van der Waals surface area contributed by atoms with Gasteiger partial charge in [0.1, 0.15) is 11.3 Å². The van der Waals surface area contributed by atoms with Crippen LogP contribution in [0.1, 0.15) is 35.3 Å². The van der Waals surface area contributed by atoms with Gasteiger partial charge in [-0.3, -0.25) is 4.79 Å². The smallest absolute Gasteiger partial charge is 0.352 e. The minimum atomic E-state index is -1.01. The molecule has 3 rings (SSSR count). The second kappa shape index (κ2) is 9.47. The van der Waals surface area contributed by atoms with Gasteiger partial charge in [-0.15, -0.1) is 0 Å². The summed E-state index contributed by atoms with van der Waals surface area (Å²) in [6.07, 6.45) is -1.24. The Morgan fingerprint density at radius 1 is 1.10 bits per heavy atom. The van der Waals surface area contributed by atoms with Crippen LogP contribution in [-0.4, -0.2) is 25.7 Å². The molecule has 162 valence electrons. The van der Waals surface area contributed by atoms with Crippen molar-refractivity contribution in [3.63, 3.8) is 0 Å². The molecule has 0 amide bonds. The van der Waals surface area contributed by atoms with Crippen LogP contribution in [0, 0.1) is 13.8 Å².